The van der Waals surface area contributed by atoms with Crippen molar-refractivity contribution >= 4 is 5.91 Å². The summed E-state index contributed by atoms with van der Waals surface area (Å²) in [5.74, 6) is 0.788. The zero-order chi connectivity index (χ0) is 16.8. The molecule has 5 nitrogen and oxygen atoms in total. The monoisotopic (exact) mass is 315 g/mol. The molecule has 0 saturated carbocycles. The maximum absolute atomic E-state index is 12.6. The number of ether oxygens (including phenoxy) is 1. The molecule has 5 heteroatoms. The van der Waals surface area contributed by atoms with Gasteiger partial charge in [0.05, 0.1) is 7.11 Å². The number of para-hydroxylation sites is 1. The van der Waals surface area contributed by atoms with Crippen LogP contribution in [0, 0.1) is 0 Å². The summed E-state index contributed by atoms with van der Waals surface area (Å²) < 4.78 is 5.38. The highest BCUT2D eigenvalue weighted by atomic mass is 16.5. The van der Waals surface area contributed by atoms with Gasteiger partial charge in [0, 0.05) is 18.8 Å². The molecule has 0 saturated heterocycles. The molecule has 0 fully saturated rings. The third kappa shape index (κ3) is 4.12. The number of carbonyl (C=O) groups excluding carboxylic acids is 1. The van der Waals surface area contributed by atoms with Crippen LogP contribution >= 0.6 is 0 Å². The fraction of sp³-hybridized carbons (Fsp3) is 0.444. The van der Waals surface area contributed by atoms with Gasteiger partial charge < -0.3 is 9.64 Å². The van der Waals surface area contributed by atoms with Crippen molar-refractivity contribution in [2.24, 2.45) is 0 Å². The molecule has 1 atom stereocenters. The van der Waals surface area contributed by atoms with Gasteiger partial charge in [-0.15, -0.1) is 0 Å². The fourth-order valence-corrected chi connectivity index (χ4v) is 2.58. The van der Waals surface area contributed by atoms with Crippen LogP contribution in [-0.4, -0.2) is 41.2 Å². The van der Waals surface area contributed by atoms with Gasteiger partial charge in [-0.25, -0.2) is 0 Å². The Labute approximate surface area is 137 Å². The molecule has 23 heavy (non-hydrogen) atoms. The number of likely N-dealkylation sites (N-methyl/N-ethyl adjacent to an activating group) is 1. The number of hydrogen-bond acceptors (Lipinski definition) is 3. The van der Waals surface area contributed by atoms with Gasteiger partial charge in [0.25, 0.3) is 5.91 Å². The van der Waals surface area contributed by atoms with Crippen LogP contribution in [0.15, 0.2) is 30.3 Å². The molecule has 2 aromatic rings. The summed E-state index contributed by atoms with van der Waals surface area (Å²) in [7, 11) is 3.48. The lowest BCUT2D eigenvalue weighted by atomic mass is 10.0. The summed E-state index contributed by atoms with van der Waals surface area (Å²) in [6, 6.07) is 9.79. The van der Waals surface area contributed by atoms with Crippen molar-refractivity contribution in [3.8, 4) is 5.75 Å². The molecule has 0 aliphatic carbocycles. The third-order valence-electron chi connectivity index (χ3n) is 4.06. The fourth-order valence-electron chi connectivity index (χ4n) is 2.58. The largest absolute Gasteiger partial charge is 0.496 e. The van der Waals surface area contributed by atoms with E-state index in [-0.39, 0.29) is 11.9 Å². The first-order valence-corrected chi connectivity index (χ1v) is 8.00. The first kappa shape index (κ1) is 17.1. The highest BCUT2D eigenvalue weighted by Crippen LogP contribution is 2.20. The molecule has 1 amide bonds. The van der Waals surface area contributed by atoms with E-state index in [1.165, 1.54) is 0 Å². The van der Waals surface area contributed by atoms with Gasteiger partial charge in [-0.05, 0) is 37.5 Å². The van der Waals surface area contributed by atoms with Crippen LogP contribution in [0.5, 0.6) is 5.75 Å². The number of carbonyl (C=O) groups is 1. The lowest BCUT2D eigenvalue weighted by molar-refractivity contribution is 0.0737. The molecule has 1 heterocycles. The average Bonchev–Trinajstić information content (AvgIpc) is 3.03. The molecule has 0 aliphatic heterocycles. The van der Waals surface area contributed by atoms with E-state index in [1.807, 2.05) is 44.3 Å². The van der Waals surface area contributed by atoms with Gasteiger partial charge in [0.1, 0.15) is 11.4 Å². The zero-order valence-electron chi connectivity index (χ0n) is 14.3. The van der Waals surface area contributed by atoms with E-state index in [0.717, 1.165) is 36.3 Å². The van der Waals surface area contributed by atoms with E-state index in [2.05, 4.69) is 17.1 Å². The maximum Gasteiger partial charge on any atom is 0.274 e. The Morgan fingerprint density at radius 2 is 2.13 bits per heavy atom. The van der Waals surface area contributed by atoms with Crippen molar-refractivity contribution in [2.75, 3.05) is 14.2 Å². The number of nitrogens with one attached hydrogen (secondary N) is 1. The van der Waals surface area contributed by atoms with Crippen molar-refractivity contribution in [3.05, 3.63) is 47.3 Å². The number of H-pyrrole nitrogens is 1. The Kier molecular flexibility index (Phi) is 5.79. The van der Waals surface area contributed by atoms with Gasteiger partial charge in [-0.2, -0.15) is 5.10 Å². The van der Waals surface area contributed by atoms with E-state index in [4.69, 9.17) is 4.74 Å². The summed E-state index contributed by atoms with van der Waals surface area (Å²) in [6.07, 6.45) is 2.66. The number of aromatic amines is 1. The zero-order valence-corrected chi connectivity index (χ0v) is 14.3. The highest BCUT2D eigenvalue weighted by Gasteiger charge is 2.21. The van der Waals surface area contributed by atoms with Gasteiger partial charge in [-0.1, -0.05) is 31.5 Å². The first-order valence-electron chi connectivity index (χ1n) is 8.00. The lowest BCUT2D eigenvalue weighted by Gasteiger charge is -2.25. The van der Waals surface area contributed by atoms with Crippen molar-refractivity contribution in [2.45, 2.75) is 39.2 Å². The van der Waals surface area contributed by atoms with Gasteiger partial charge in [0.2, 0.25) is 0 Å². The minimum Gasteiger partial charge on any atom is -0.496 e. The van der Waals surface area contributed by atoms with E-state index < -0.39 is 0 Å². The normalized spacial score (nSPS) is 12.0. The van der Waals surface area contributed by atoms with Gasteiger partial charge in [-0.3, -0.25) is 9.89 Å². The minimum atomic E-state index is -0.0639. The van der Waals surface area contributed by atoms with E-state index in [1.54, 1.807) is 12.0 Å². The summed E-state index contributed by atoms with van der Waals surface area (Å²) in [5.41, 5.74) is 2.57. The Balaban J connectivity index is 2.05. The maximum atomic E-state index is 12.6. The average molecular weight is 315 g/mol. The van der Waals surface area contributed by atoms with Crippen molar-refractivity contribution < 1.29 is 9.53 Å². The number of rotatable bonds is 7. The molecule has 1 aromatic heterocycles. The van der Waals surface area contributed by atoms with Crippen LogP contribution in [0.4, 0.5) is 0 Å². The molecule has 124 valence electrons. The van der Waals surface area contributed by atoms with Gasteiger partial charge in [0.15, 0.2) is 0 Å². The molecule has 0 unspecified atom stereocenters. The molecule has 1 N–H and O–H groups in total. The molecule has 0 aliphatic rings. The smallest absolute Gasteiger partial charge is 0.274 e. The lowest BCUT2D eigenvalue weighted by Crippen LogP contribution is -2.36. The minimum absolute atomic E-state index is 0.0464. The van der Waals surface area contributed by atoms with Crippen molar-refractivity contribution in [1.82, 2.24) is 15.1 Å². The summed E-state index contributed by atoms with van der Waals surface area (Å²) >= 11 is 0. The number of benzene rings is 1. The first-order chi connectivity index (χ1) is 11.1. The van der Waals surface area contributed by atoms with Crippen LogP contribution in [0.2, 0.25) is 0 Å². The van der Waals surface area contributed by atoms with Crippen LogP contribution < -0.4 is 4.74 Å². The number of amides is 1. The Morgan fingerprint density at radius 1 is 1.39 bits per heavy atom. The summed E-state index contributed by atoms with van der Waals surface area (Å²) in [6.45, 7) is 4.13. The van der Waals surface area contributed by atoms with Crippen LogP contribution in [0.1, 0.15) is 42.0 Å². The number of aryl methyl sites for hydroxylation is 1. The number of aromatic nitrogens is 2. The van der Waals surface area contributed by atoms with Crippen LogP contribution in [-0.2, 0) is 12.8 Å². The summed E-state index contributed by atoms with van der Waals surface area (Å²) in [4.78, 5) is 14.3. The topological polar surface area (TPSA) is 58.2 Å². The standard InChI is InChI=1S/C18H25N3O2/c1-5-8-15-12-16(20-19-15)18(22)21(3)13(2)11-14-9-6-7-10-17(14)23-4/h6-7,9-10,12-13H,5,8,11H2,1-4H3,(H,19,20)/t13-/m0/s1. The summed E-state index contributed by atoms with van der Waals surface area (Å²) in [5, 5.41) is 7.07. The third-order valence-corrected chi connectivity index (χ3v) is 4.06. The van der Waals surface area contributed by atoms with Crippen LogP contribution in [0.3, 0.4) is 0 Å². The quantitative estimate of drug-likeness (QED) is 0.854. The van der Waals surface area contributed by atoms with E-state index >= 15 is 0 Å². The number of methoxy groups -OCH3 is 1. The van der Waals surface area contributed by atoms with Crippen molar-refractivity contribution in [1.29, 1.82) is 0 Å². The molecule has 0 spiro atoms. The second kappa shape index (κ2) is 7.81. The van der Waals surface area contributed by atoms with E-state index in [9.17, 15) is 4.79 Å². The Bertz CT molecular complexity index is 651. The predicted molar refractivity (Wildman–Crippen MR) is 90.8 cm³/mol. The number of hydrogen-bond donors (Lipinski definition) is 1. The molecule has 0 bridgehead atoms. The van der Waals surface area contributed by atoms with Crippen molar-refractivity contribution in [3.63, 3.8) is 0 Å². The molecule has 1 aromatic carbocycles. The molecule has 2 rings (SSSR count). The van der Waals surface area contributed by atoms with E-state index in [0.29, 0.717) is 5.69 Å². The SMILES string of the molecule is CCCc1cc(C(=O)N(C)[C@@H](C)Cc2ccccc2OC)n[nH]1. The Hall–Kier alpha value is -2.30. The molecule has 0 radical (unpaired) electrons. The molecular formula is C18H25N3O2. The predicted octanol–water partition coefficient (Wildman–Crippen LogP) is 3.07. The second-order valence-corrected chi connectivity index (χ2v) is 5.81. The van der Waals surface area contributed by atoms with Crippen LogP contribution in [0.25, 0.3) is 0 Å². The number of nitrogens with zero attached hydrogens (tertiary/aromatic N) is 2. The Morgan fingerprint density at radius 3 is 2.83 bits per heavy atom. The van der Waals surface area contributed by atoms with Gasteiger partial charge >= 0.3 is 0 Å². The second-order valence-electron chi connectivity index (χ2n) is 5.81. The highest BCUT2D eigenvalue weighted by molar-refractivity contribution is 5.92. The molecular weight excluding hydrogens is 290 g/mol.